The van der Waals surface area contributed by atoms with Crippen LogP contribution in [0.4, 0.5) is 10.5 Å². The molecule has 28 heavy (non-hydrogen) atoms. The summed E-state index contributed by atoms with van der Waals surface area (Å²) in [6.45, 7) is 6.68. The second-order valence-electron chi connectivity index (χ2n) is 7.99. The second-order valence-corrected chi connectivity index (χ2v) is 7.99. The van der Waals surface area contributed by atoms with Gasteiger partial charge in [-0.25, -0.2) is 4.79 Å². The van der Waals surface area contributed by atoms with Crippen LogP contribution in [0.2, 0.25) is 0 Å². The lowest BCUT2D eigenvalue weighted by molar-refractivity contribution is -0.900. The summed E-state index contributed by atoms with van der Waals surface area (Å²) in [7, 11) is 1.72. The zero-order chi connectivity index (χ0) is 19.5. The third-order valence-corrected chi connectivity index (χ3v) is 6.34. The van der Waals surface area contributed by atoms with Gasteiger partial charge in [-0.1, -0.05) is 12.1 Å². The maximum absolute atomic E-state index is 12.4. The lowest BCUT2D eigenvalue weighted by Gasteiger charge is -2.34. The van der Waals surface area contributed by atoms with E-state index in [-0.39, 0.29) is 18.0 Å². The number of hydrogen-bond acceptors (Lipinski definition) is 4. The average molecular weight is 388 g/mol. The summed E-state index contributed by atoms with van der Waals surface area (Å²) in [6.07, 6.45) is 3.74. The van der Waals surface area contributed by atoms with E-state index >= 15 is 0 Å². The lowest BCUT2D eigenvalue weighted by Crippen LogP contribution is -3.14. The molecule has 3 fully saturated rings. The highest BCUT2D eigenvalue weighted by molar-refractivity contribution is 6.04. The number of amides is 3. The molecule has 3 aliphatic heterocycles. The molecule has 0 radical (unpaired) electrons. The van der Waals surface area contributed by atoms with Crippen molar-refractivity contribution in [2.45, 2.75) is 31.7 Å². The molecule has 0 unspecified atom stereocenters. The first-order chi connectivity index (χ1) is 13.7. The number of imide groups is 1. The van der Waals surface area contributed by atoms with E-state index in [1.54, 1.807) is 16.9 Å². The van der Waals surface area contributed by atoms with Gasteiger partial charge < -0.3 is 19.4 Å². The van der Waals surface area contributed by atoms with Crippen LogP contribution < -0.4 is 14.5 Å². The Morgan fingerprint density at radius 2 is 1.89 bits per heavy atom. The molecule has 152 valence electrons. The summed E-state index contributed by atoms with van der Waals surface area (Å²) in [5, 5.41) is 0. The van der Waals surface area contributed by atoms with Crippen LogP contribution in [-0.2, 0) is 4.79 Å². The molecule has 0 saturated carbocycles. The number of ether oxygens (including phenoxy) is 1. The number of carbonyl (C=O) groups is 2. The molecule has 7 heteroatoms. The Balaban J connectivity index is 1.18. The number of fused-ring (bicyclic) bond motifs is 1. The minimum absolute atomic E-state index is 0.0280. The number of rotatable bonds is 7. The molecule has 3 aliphatic rings. The van der Waals surface area contributed by atoms with Crippen LogP contribution in [0.5, 0.6) is 5.75 Å². The highest BCUT2D eigenvalue weighted by Crippen LogP contribution is 2.28. The summed E-state index contributed by atoms with van der Waals surface area (Å²) in [5.74, 6) is 0.965. The predicted octanol–water partition coefficient (Wildman–Crippen LogP) is 0.607. The number of nitrogens with one attached hydrogen (secondary N) is 1. The van der Waals surface area contributed by atoms with Crippen molar-refractivity contribution in [3.05, 3.63) is 24.3 Å². The number of benzene rings is 1. The van der Waals surface area contributed by atoms with Gasteiger partial charge in [-0.2, -0.15) is 0 Å². The number of hydrogen-bond donors (Lipinski definition) is 1. The fourth-order valence-electron chi connectivity index (χ4n) is 4.74. The molecule has 1 N–H and O–H groups in total. The van der Waals surface area contributed by atoms with Crippen molar-refractivity contribution < 1.29 is 19.2 Å². The number of carbonyl (C=O) groups excluding carboxylic acids is 2. The summed E-state index contributed by atoms with van der Waals surface area (Å²) in [6, 6.07) is 7.97. The molecule has 1 atom stereocenters. The van der Waals surface area contributed by atoms with Gasteiger partial charge >= 0.3 is 6.03 Å². The Morgan fingerprint density at radius 3 is 2.64 bits per heavy atom. The van der Waals surface area contributed by atoms with E-state index in [1.807, 2.05) is 12.1 Å². The zero-order valence-corrected chi connectivity index (χ0v) is 16.7. The smallest absolute Gasteiger partial charge is 0.327 e. The molecule has 3 heterocycles. The third kappa shape index (κ3) is 3.68. The quantitative estimate of drug-likeness (QED) is 0.550. The van der Waals surface area contributed by atoms with Gasteiger partial charge in [-0.3, -0.25) is 9.69 Å². The van der Waals surface area contributed by atoms with Gasteiger partial charge in [0, 0.05) is 13.1 Å². The summed E-state index contributed by atoms with van der Waals surface area (Å²) in [4.78, 5) is 31.9. The molecular weight excluding hydrogens is 356 g/mol. The first kappa shape index (κ1) is 19.1. The highest BCUT2D eigenvalue weighted by Gasteiger charge is 2.46. The standard InChI is InChI=1S/C21H30N4O3/c1-28-19-9-3-2-7-17(19)23-15-13-22(14-16-23)10-4-5-11-25-20(26)18-8-6-12-24(18)21(25)27/h2-3,7,9,18H,4-6,8,10-16H2,1H3/p+1/t18-/m0/s1. The summed E-state index contributed by atoms with van der Waals surface area (Å²) in [5.41, 5.74) is 1.18. The molecule has 0 spiro atoms. The van der Waals surface area contributed by atoms with E-state index < -0.39 is 0 Å². The first-order valence-electron chi connectivity index (χ1n) is 10.5. The summed E-state index contributed by atoms with van der Waals surface area (Å²) < 4.78 is 5.49. The fraction of sp³-hybridized carbons (Fsp3) is 0.619. The van der Waals surface area contributed by atoms with E-state index in [9.17, 15) is 9.59 Å². The van der Waals surface area contributed by atoms with Gasteiger partial charge in [-0.05, 0) is 37.8 Å². The van der Waals surface area contributed by atoms with E-state index in [4.69, 9.17) is 4.74 Å². The van der Waals surface area contributed by atoms with Crippen LogP contribution in [-0.4, -0.2) is 80.7 Å². The zero-order valence-electron chi connectivity index (χ0n) is 16.7. The van der Waals surface area contributed by atoms with Crippen molar-refractivity contribution in [2.24, 2.45) is 0 Å². The van der Waals surface area contributed by atoms with Crippen LogP contribution in [0.3, 0.4) is 0 Å². The molecule has 0 aliphatic carbocycles. The monoisotopic (exact) mass is 387 g/mol. The first-order valence-corrected chi connectivity index (χ1v) is 10.5. The largest absolute Gasteiger partial charge is 0.495 e. The molecule has 0 bridgehead atoms. The lowest BCUT2D eigenvalue weighted by atomic mass is 10.2. The number of urea groups is 1. The number of anilines is 1. The molecule has 0 aromatic heterocycles. The van der Waals surface area contributed by atoms with E-state index in [0.29, 0.717) is 6.54 Å². The molecule has 7 nitrogen and oxygen atoms in total. The molecule has 3 amide bonds. The third-order valence-electron chi connectivity index (χ3n) is 6.34. The maximum atomic E-state index is 12.4. The highest BCUT2D eigenvalue weighted by atomic mass is 16.5. The number of unbranched alkanes of at least 4 members (excludes halogenated alkanes) is 1. The van der Waals surface area contributed by atoms with Crippen molar-refractivity contribution in [3.63, 3.8) is 0 Å². The normalized spacial score (nSPS) is 22.9. The summed E-state index contributed by atoms with van der Waals surface area (Å²) >= 11 is 0. The van der Waals surface area contributed by atoms with E-state index in [1.165, 1.54) is 10.6 Å². The molecule has 1 aromatic rings. The van der Waals surface area contributed by atoms with Crippen LogP contribution in [0, 0.1) is 0 Å². The molecule has 1 aromatic carbocycles. The topological polar surface area (TPSA) is 57.5 Å². The van der Waals surface area contributed by atoms with Crippen LogP contribution >= 0.6 is 0 Å². The van der Waals surface area contributed by atoms with Gasteiger partial charge in [0.1, 0.15) is 11.8 Å². The fourth-order valence-corrected chi connectivity index (χ4v) is 4.74. The van der Waals surface area contributed by atoms with Gasteiger partial charge in [0.25, 0.3) is 5.91 Å². The average Bonchev–Trinajstić information content (AvgIpc) is 3.30. The Morgan fingerprint density at radius 1 is 1.11 bits per heavy atom. The SMILES string of the molecule is COc1ccccc1N1CC[NH+](CCCCN2C(=O)[C@@H]3CCCN3C2=O)CC1. The van der Waals surface area contributed by atoms with Gasteiger partial charge in [0.05, 0.1) is 45.5 Å². The van der Waals surface area contributed by atoms with Gasteiger partial charge in [0.2, 0.25) is 0 Å². The Kier molecular flexibility index (Phi) is 5.71. The van der Waals surface area contributed by atoms with Crippen molar-refractivity contribution in [1.82, 2.24) is 9.80 Å². The Labute approximate surface area is 166 Å². The predicted molar refractivity (Wildman–Crippen MR) is 107 cm³/mol. The van der Waals surface area contributed by atoms with E-state index in [0.717, 1.165) is 70.7 Å². The molecule has 4 rings (SSSR count). The van der Waals surface area contributed by atoms with Crippen molar-refractivity contribution in [2.75, 3.05) is 57.8 Å². The van der Waals surface area contributed by atoms with Crippen LogP contribution in [0.25, 0.3) is 0 Å². The van der Waals surface area contributed by atoms with E-state index in [2.05, 4.69) is 17.0 Å². The number of quaternary nitrogens is 1. The van der Waals surface area contributed by atoms with Crippen molar-refractivity contribution >= 4 is 17.6 Å². The number of nitrogens with zero attached hydrogens (tertiary/aromatic N) is 3. The number of para-hydroxylation sites is 2. The minimum Gasteiger partial charge on any atom is -0.495 e. The van der Waals surface area contributed by atoms with Crippen LogP contribution in [0.15, 0.2) is 24.3 Å². The number of piperazine rings is 1. The molecular formula is C21H31N4O3+. The maximum Gasteiger partial charge on any atom is 0.327 e. The van der Waals surface area contributed by atoms with Gasteiger partial charge in [0.15, 0.2) is 0 Å². The van der Waals surface area contributed by atoms with Crippen LogP contribution in [0.1, 0.15) is 25.7 Å². The van der Waals surface area contributed by atoms with Gasteiger partial charge in [-0.15, -0.1) is 0 Å². The van der Waals surface area contributed by atoms with Crippen molar-refractivity contribution in [1.29, 1.82) is 0 Å². The molecule has 3 saturated heterocycles. The Hall–Kier alpha value is -2.28. The minimum atomic E-state index is -0.166. The number of methoxy groups -OCH3 is 1. The second kappa shape index (κ2) is 8.39. The van der Waals surface area contributed by atoms with Crippen molar-refractivity contribution in [3.8, 4) is 5.75 Å². The Bertz CT molecular complexity index is 695.